The highest BCUT2D eigenvalue weighted by Crippen LogP contribution is 2.34. The number of carbonyl (C=O) groups excluding carboxylic acids is 1. The zero-order valence-corrected chi connectivity index (χ0v) is 22.4. The van der Waals surface area contributed by atoms with E-state index in [2.05, 4.69) is 9.97 Å². The number of hydrogen-bond donors (Lipinski definition) is 1. The maximum atomic E-state index is 13.2. The smallest absolute Gasteiger partial charge is 0.311 e. The number of rotatable bonds is 4. The van der Waals surface area contributed by atoms with Crippen molar-refractivity contribution in [1.82, 2.24) is 14.5 Å². The fourth-order valence-electron chi connectivity index (χ4n) is 4.01. The van der Waals surface area contributed by atoms with Gasteiger partial charge < -0.3 is 9.72 Å². The number of halogens is 2. The number of carbonyl (C=O) groups is 1. The first kappa shape index (κ1) is 24.6. The number of esters is 1. The Bertz CT molecular complexity index is 1710. The van der Waals surface area contributed by atoms with Crippen LogP contribution in [0.5, 0.6) is 0 Å². The number of nitrogens with one attached hydrogen (secondary N) is 1. The molecule has 5 aromatic rings. The molecule has 0 atom stereocenters. The zero-order chi connectivity index (χ0) is 25.8. The van der Waals surface area contributed by atoms with Gasteiger partial charge in [-0.2, -0.15) is 0 Å². The van der Waals surface area contributed by atoms with E-state index in [0.29, 0.717) is 26.8 Å². The van der Waals surface area contributed by atoms with Gasteiger partial charge in [-0.3, -0.25) is 14.2 Å². The predicted octanol–water partition coefficient (Wildman–Crippen LogP) is 7.21. The van der Waals surface area contributed by atoms with E-state index in [4.69, 9.17) is 27.9 Å². The number of nitrogens with zero attached hydrogens (tertiary/aromatic N) is 2. The van der Waals surface area contributed by atoms with Gasteiger partial charge in [0.25, 0.3) is 5.56 Å². The first-order valence-electron chi connectivity index (χ1n) is 11.3. The van der Waals surface area contributed by atoms with Crippen LogP contribution in [-0.4, -0.2) is 20.5 Å². The Kier molecular flexibility index (Phi) is 6.19. The summed E-state index contributed by atoms with van der Waals surface area (Å²) in [5.74, 6) is -0.262. The Morgan fingerprint density at radius 2 is 1.86 bits per heavy atom. The molecule has 3 heterocycles. The van der Waals surface area contributed by atoms with Gasteiger partial charge in [-0.15, -0.1) is 11.3 Å². The molecular formula is C27H23Cl2N3O3S. The van der Waals surface area contributed by atoms with Crippen LogP contribution in [0.2, 0.25) is 10.0 Å². The second-order valence-electron chi connectivity index (χ2n) is 9.65. The van der Waals surface area contributed by atoms with E-state index >= 15 is 0 Å². The topological polar surface area (TPSA) is 77.0 Å². The van der Waals surface area contributed by atoms with E-state index in [1.807, 2.05) is 50.4 Å². The third-order valence-corrected chi connectivity index (χ3v) is 7.36. The molecule has 184 valence electrons. The Labute approximate surface area is 221 Å². The van der Waals surface area contributed by atoms with Gasteiger partial charge >= 0.3 is 5.97 Å². The summed E-state index contributed by atoms with van der Waals surface area (Å²) < 4.78 is 7.00. The quantitative estimate of drug-likeness (QED) is 0.245. The standard InChI is InChI=1S/C27H23Cl2N3O3S/c1-27(2,3)26(34)35-12-23-30-22(13-36-23)14-5-8-21-17(9-14)18-11-19(25(33)32(4)24(18)31-21)16-7-6-15(28)10-20(16)29/h5-11,13,31H,12H2,1-4H3. The van der Waals surface area contributed by atoms with Gasteiger partial charge in [0.2, 0.25) is 0 Å². The van der Waals surface area contributed by atoms with Crippen molar-refractivity contribution < 1.29 is 9.53 Å². The van der Waals surface area contributed by atoms with Crippen molar-refractivity contribution in [3.63, 3.8) is 0 Å². The van der Waals surface area contributed by atoms with Crippen LogP contribution in [0.3, 0.4) is 0 Å². The number of hydrogen-bond acceptors (Lipinski definition) is 5. The number of H-pyrrole nitrogens is 1. The highest BCUT2D eigenvalue weighted by molar-refractivity contribution is 7.09. The second-order valence-corrected chi connectivity index (χ2v) is 11.4. The summed E-state index contributed by atoms with van der Waals surface area (Å²) in [6.45, 7) is 5.60. The minimum Gasteiger partial charge on any atom is -0.458 e. The monoisotopic (exact) mass is 539 g/mol. The first-order chi connectivity index (χ1) is 17.0. The Balaban J connectivity index is 1.56. The van der Waals surface area contributed by atoms with Crippen LogP contribution in [0.1, 0.15) is 25.8 Å². The molecule has 0 saturated heterocycles. The summed E-state index contributed by atoms with van der Waals surface area (Å²) in [4.78, 5) is 33.3. The number of aromatic amines is 1. The molecule has 2 aromatic carbocycles. The SMILES string of the molecule is Cn1c(=O)c(-c2ccc(Cl)cc2Cl)cc2c3cc(-c4csc(COC(=O)C(C)(C)C)n4)ccc3[nH]c21. The van der Waals surface area contributed by atoms with E-state index in [1.165, 1.54) is 11.3 Å². The molecule has 0 amide bonds. The lowest BCUT2D eigenvalue weighted by molar-refractivity contribution is -0.154. The zero-order valence-electron chi connectivity index (χ0n) is 20.1. The van der Waals surface area contributed by atoms with Gasteiger partial charge in [0, 0.05) is 50.4 Å². The lowest BCUT2D eigenvalue weighted by Crippen LogP contribution is -2.22. The summed E-state index contributed by atoms with van der Waals surface area (Å²) in [5.41, 5.74) is 3.74. The summed E-state index contributed by atoms with van der Waals surface area (Å²) in [6, 6.07) is 13.0. The number of thiazole rings is 1. The average molecular weight is 540 g/mol. The van der Waals surface area contributed by atoms with Crippen LogP contribution in [0.25, 0.3) is 44.3 Å². The summed E-state index contributed by atoms with van der Waals surface area (Å²) in [7, 11) is 1.74. The van der Waals surface area contributed by atoms with Crippen molar-refractivity contribution in [1.29, 1.82) is 0 Å². The lowest BCUT2D eigenvalue weighted by atomic mass is 9.97. The second kappa shape index (κ2) is 9.07. The van der Waals surface area contributed by atoms with Crippen LogP contribution in [0.15, 0.2) is 52.6 Å². The van der Waals surface area contributed by atoms with E-state index in [-0.39, 0.29) is 18.1 Å². The molecule has 3 aromatic heterocycles. The summed E-state index contributed by atoms with van der Waals surface area (Å²) in [6.07, 6.45) is 0. The fraction of sp³-hybridized carbons (Fsp3) is 0.222. The van der Waals surface area contributed by atoms with Crippen molar-refractivity contribution in [2.45, 2.75) is 27.4 Å². The lowest BCUT2D eigenvalue weighted by Gasteiger charge is -2.15. The summed E-state index contributed by atoms with van der Waals surface area (Å²) in [5, 5.41) is 5.45. The largest absolute Gasteiger partial charge is 0.458 e. The highest BCUT2D eigenvalue weighted by Gasteiger charge is 2.23. The van der Waals surface area contributed by atoms with E-state index in [1.54, 1.807) is 29.8 Å². The van der Waals surface area contributed by atoms with Crippen molar-refractivity contribution in [3.05, 3.63) is 73.3 Å². The molecule has 0 spiro atoms. The third-order valence-electron chi connectivity index (χ3n) is 5.98. The van der Waals surface area contributed by atoms with Crippen molar-refractivity contribution in [2.75, 3.05) is 0 Å². The van der Waals surface area contributed by atoms with Crippen LogP contribution >= 0.6 is 34.5 Å². The van der Waals surface area contributed by atoms with Gasteiger partial charge in [-0.05, 0) is 51.1 Å². The Hall–Kier alpha value is -3.13. The average Bonchev–Trinajstić information content (AvgIpc) is 3.44. The van der Waals surface area contributed by atoms with Gasteiger partial charge in [0.15, 0.2) is 0 Å². The van der Waals surface area contributed by atoms with Crippen LogP contribution in [0.4, 0.5) is 0 Å². The van der Waals surface area contributed by atoms with E-state index < -0.39 is 5.41 Å². The van der Waals surface area contributed by atoms with Gasteiger partial charge in [0.1, 0.15) is 17.3 Å². The number of pyridine rings is 1. The molecule has 0 unspecified atom stereocenters. The first-order valence-corrected chi connectivity index (χ1v) is 12.9. The van der Waals surface area contributed by atoms with Gasteiger partial charge in [0.05, 0.1) is 16.1 Å². The van der Waals surface area contributed by atoms with Crippen molar-refractivity contribution in [2.24, 2.45) is 12.5 Å². The Morgan fingerprint density at radius 1 is 1.08 bits per heavy atom. The number of aryl methyl sites for hydroxylation is 1. The third kappa shape index (κ3) is 4.43. The normalized spacial score (nSPS) is 11.9. The number of benzene rings is 2. The molecule has 0 fully saturated rings. The predicted molar refractivity (Wildman–Crippen MR) is 147 cm³/mol. The summed E-state index contributed by atoms with van der Waals surface area (Å²) >= 11 is 13.9. The molecule has 0 aliphatic carbocycles. The van der Waals surface area contributed by atoms with Gasteiger partial charge in [-0.1, -0.05) is 35.3 Å². The molecule has 1 N–H and O–H groups in total. The van der Waals surface area contributed by atoms with Crippen molar-refractivity contribution >= 4 is 62.4 Å². The van der Waals surface area contributed by atoms with Crippen LogP contribution < -0.4 is 5.56 Å². The highest BCUT2D eigenvalue weighted by atomic mass is 35.5. The van der Waals surface area contributed by atoms with Gasteiger partial charge in [-0.25, -0.2) is 4.98 Å². The fourth-order valence-corrected chi connectivity index (χ4v) is 5.24. The maximum absolute atomic E-state index is 13.2. The molecule has 0 saturated carbocycles. The molecule has 9 heteroatoms. The molecule has 0 aliphatic heterocycles. The Morgan fingerprint density at radius 3 is 2.58 bits per heavy atom. The molecular weight excluding hydrogens is 517 g/mol. The molecule has 36 heavy (non-hydrogen) atoms. The number of aromatic nitrogens is 3. The minimum atomic E-state index is -0.560. The number of ether oxygens (including phenoxy) is 1. The van der Waals surface area contributed by atoms with E-state index in [0.717, 1.165) is 32.6 Å². The minimum absolute atomic E-state index is 0.142. The molecule has 0 radical (unpaired) electrons. The molecule has 5 rings (SSSR count). The van der Waals surface area contributed by atoms with Crippen LogP contribution in [0, 0.1) is 5.41 Å². The van der Waals surface area contributed by atoms with Crippen molar-refractivity contribution in [3.8, 4) is 22.4 Å². The molecule has 0 bridgehead atoms. The number of fused-ring (bicyclic) bond motifs is 3. The molecule has 6 nitrogen and oxygen atoms in total. The maximum Gasteiger partial charge on any atom is 0.311 e. The molecule has 0 aliphatic rings. The van der Waals surface area contributed by atoms with E-state index in [9.17, 15) is 9.59 Å². The van der Waals surface area contributed by atoms with Crippen LogP contribution in [-0.2, 0) is 23.2 Å².